The molecular weight excluding hydrogens is 287 g/mol. The van der Waals surface area contributed by atoms with Crippen molar-refractivity contribution >= 4 is 11.8 Å². The average molecular weight is 308 g/mol. The van der Waals surface area contributed by atoms with Crippen LogP contribution in [-0.2, 0) is 16.1 Å². The van der Waals surface area contributed by atoms with Crippen molar-refractivity contribution in [1.29, 1.82) is 0 Å². The number of benzene rings is 1. The lowest BCUT2D eigenvalue weighted by Gasteiger charge is -2.30. The molecule has 1 heterocycles. The van der Waals surface area contributed by atoms with Gasteiger partial charge in [-0.25, -0.2) is 4.39 Å². The lowest BCUT2D eigenvalue weighted by Crippen LogP contribution is -2.42. The average Bonchev–Trinajstić information content (AvgIpc) is 2.52. The van der Waals surface area contributed by atoms with Gasteiger partial charge in [-0.1, -0.05) is 6.07 Å². The molecule has 1 fully saturated rings. The van der Waals surface area contributed by atoms with Gasteiger partial charge in [-0.2, -0.15) is 0 Å². The second-order valence-corrected chi connectivity index (χ2v) is 5.47. The van der Waals surface area contributed by atoms with Gasteiger partial charge in [-0.3, -0.25) is 9.59 Å². The van der Waals surface area contributed by atoms with Gasteiger partial charge in [0.25, 0.3) is 0 Å². The highest BCUT2D eigenvalue weighted by Gasteiger charge is 2.25. The fourth-order valence-corrected chi connectivity index (χ4v) is 2.61. The molecule has 120 valence electrons. The van der Waals surface area contributed by atoms with Crippen LogP contribution in [0.3, 0.4) is 0 Å². The maximum absolute atomic E-state index is 13.6. The molecule has 1 aliphatic rings. The van der Waals surface area contributed by atoms with Crippen molar-refractivity contribution in [1.82, 2.24) is 10.2 Å². The number of hydrogen-bond donors (Lipinski definition) is 1. The summed E-state index contributed by atoms with van der Waals surface area (Å²) in [5.41, 5.74) is 0.688. The summed E-state index contributed by atoms with van der Waals surface area (Å²) in [6.45, 7) is 3.06. The quantitative estimate of drug-likeness (QED) is 0.921. The van der Waals surface area contributed by atoms with Crippen LogP contribution in [0.25, 0.3) is 0 Å². The fourth-order valence-electron chi connectivity index (χ4n) is 2.61. The highest BCUT2D eigenvalue weighted by molar-refractivity contribution is 5.79. The van der Waals surface area contributed by atoms with Crippen LogP contribution in [0, 0.1) is 11.7 Å². The first-order chi connectivity index (χ1) is 10.5. The van der Waals surface area contributed by atoms with Crippen molar-refractivity contribution in [3.63, 3.8) is 0 Å². The molecule has 22 heavy (non-hydrogen) atoms. The van der Waals surface area contributed by atoms with Crippen LogP contribution in [0.5, 0.6) is 5.75 Å². The zero-order chi connectivity index (χ0) is 16.1. The van der Waals surface area contributed by atoms with Crippen molar-refractivity contribution < 1.29 is 18.7 Å². The van der Waals surface area contributed by atoms with E-state index in [9.17, 15) is 14.0 Å². The zero-order valence-electron chi connectivity index (χ0n) is 12.9. The van der Waals surface area contributed by atoms with Crippen LogP contribution in [0.4, 0.5) is 4.39 Å². The van der Waals surface area contributed by atoms with Gasteiger partial charge >= 0.3 is 0 Å². The summed E-state index contributed by atoms with van der Waals surface area (Å²) >= 11 is 0. The number of halogens is 1. The molecule has 0 unspecified atom stereocenters. The second kappa shape index (κ2) is 7.24. The van der Waals surface area contributed by atoms with E-state index < -0.39 is 5.82 Å². The lowest BCUT2D eigenvalue weighted by molar-refractivity contribution is -0.134. The molecule has 0 atom stereocenters. The molecule has 5 nitrogen and oxygen atoms in total. The van der Waals surface area contributed by atoms with E-state index in [1.54, 1.807) is 24.0 Å². The number of nitrogens with zero attached hydrogens (tertiary/aromatic N) is 1. The third kappa shape index (κ3) is 3.96. The van der Waals surface area contributed by atoms with Crippen LogP contribution in [-0.4, -0.2) is 36.9 Å². The number of likely N-dealkylation sites (tertiary alicyclic amines) is 1. The first kappa shape index (κ1) is 16.3. The van der Waals surface area contributed by atoms with Crippen LogP contribution in [0.15, 0.2) is 18.2 Å². The summed E-state index contributed by atoms with van der Waals surface area (Å²) in [6, 6.07) is 4.63. The highest BCUT2D eigenvalue weighted by Crippen LogP contribution is 2.19. The fraction of sp³-hybridized carbons (Fsp3) is 0.500. The van der Waals surface area contributed by atoms with E-state index in [1.807, 2.05) is 0 Å². The van der Waals surface area contributed by atoms with Crippen LogP contribution < -0.4 is 10.1 Å². The standard InChI is InChI=1S/C16H21FN2O3/c1-11(20)19-7-5-13(6-8-19)16(21)18-10-12-3-4-15(22-2)14(17)9-12/h3-4,9,13H,5-8,10H2,1-2H3,(H,18,21). The largest absolute Gasteiger partial charge is 0.494 e. The van der Waals surface area contributed by atoms with Crippen molar-refractivity contribution in [3.8, 4) is 5.75 Å². The molecule has 2 amide bonds. The number of nitrogens with one attached hydrogen (secondary N) is 1. The number of amides is 2. The Kier molecular flexibility index (Phi) is 5.35. The molecule has 0 bridgehead atoms. The Morgan fingerprint density at radius 2 is 2.05 bits per heavy atom. The van der Waals surface area contributed by atoms with Crippen molar-refractivity contribution in [3.05, 3.63) is 29.6 Å². The van der Waals surface area contributed by atoms with Gasteiger partial charge in [0.2, 0.25) is 11.8 Å². The maximum atomic E-state index is 13.6. The number of carbonyl (C=O) groups is 2. The van der Waals surface area contributed by atoms with E-state index in [0.29, 0.717) is 31.5 Å². The number of carbonyl (C=O) groups excluding carboxylic acids is 2. The van der Waals surface area contributed by atoms with Gasteiger partial charge in [-0.05, 0) is 30.5 Å². The minimum absolute atomic E-state index is 0.0422. The van der Waals surface area contributed by atoms with Gasteiger partial charge in [0, 0.05) is 32.5 Å². The molecule has 0 radical (unpaired) electrons. The minimum Gasteiger partial charge on any atom is -0.494 e. The highest BCUT2D eigenvalue weighted by atomic mass is 19.1. The third-order valence-electron chi connectivity index (χ3n) is 3.99. The van der Waals surface area contributed by atoms with Crippen LogP contribution in [0.1, 0.15) is 25.3 Å². The first-order valence-corrected chi connectivity index (χ1v) is 7.37. The molecule has 1 N–H and O–H groups in total. The molecule has 1 aromatic rings. The molecule has 0 spiro atoms. The molecule has 1 aromatic carbocycles. The number of hydrogen-bond acceptors (Lipinski definition) is 3. The Balaban J connectivity index is 1.83. The van der Waals surface area contributed by atoms with Gasteiger partial charge < -0.3 is 15.0 Å². The SMILES string of the molecule is COc1ccc(CNC(=O)C2CCN(C(C)=O)CC2)cc1F. The van der Waals surface area contributed by atoms with E-state index in [0.717, 1.165) is 0 Å². The monoisotopic (exact) mass is 308 g/mol. The molecule has 0 saturated carbocycles. The molecule has 6 heteroatoms. The van der Waals surface area contributed by atoms with Gasteiger partial charge in [-0.15, -0.1) is 0 Å². The summed E-state index contributed by atoms with van der Waals surface area (Å²) in [5.74, 6) is -0.332. The predicted molar refractivity (Wildman–Crippen MR) is 79.8 cm³/mol. The summed E-state index contributed by atoms with van der Waals surface area (Å²) in [7, 11) is 1.41. The van der Waals surface area contributed by atoms with Gasteiger partial charge in [0.15, 0.2) is 11.6 Å². The van der Waals surface area contributed by atoms with Crippen LogP contribution >= 0.6 is 0 Å². The normalized spacial score (nSPS) is 15.5. The van der Waals surface area contributed by atoms with Crippen LogP contribution in [0.2, 0.25) is 0 Å². The molecular formula is C16H21FN2O3. The van der Waals surface area contributed by atoms with Crippen molar-refractivity contribution in [2.45, 2.75) is 26.3 Å². The number of piperidine rings is 1. The molecule has 1 aliphatic heterocycles. The summed E-state index contributed by atoms with van der Waals surface area (Å²) in [6.07, 6.45) is 1.34. The molecule has 2 rings (SSSR count). The Morgan fingerprint density at radius 3 is 2.59 bits per heavy atom. The third-order valence-corrected chi connectivity index (χ3v) is 3.99. The molecule has 0 aromatic heterocycles. The Labute approximate surface area is 129 Å². The Morgan fingerprint density at radius 1 is 1.36 bits per heavy atom. The van der Waals surface area contributed by atoms with Gasteiger partial charge in [0.05, 0.1) is 7.11 Å². The summed E-state index contributed by atoms with van der Waals surface area (Å²) < 4.78 is 18.4. The van der Waals surface area contributed by atoms with E-state index in [4.69, 9.17) is 4.74 Å². The van der Waals surface area contributed by atoms with E-state index in [2.05, 4.69) is 5.32 Å². The minimum atomic E-state index is -0.441. The Hall–Kier alpha value is -2.11. The number of methoxy groups -OCH3 is 1. The van der Waals surface area contributed by atoms with Crippen molar-refractivity contribution in [2.24, 2.45) is 5.92 Å². The maximum Gasteiger partial charge on any atom is 0.223 e. The van der Waals surface area contributed by atoms with Gasteiger partial charge in [0.1, 0.15) is 0 Å². The summed E-state index contributed by atoms with van der Waals surface area (Å²) in [4.78, 5) is 25.1. The van der Waals surface area contributed by atoms with E-state index in [-0.39, 0.29) is 30.0 Å². The molecule has 1 saturated heterocycles. The summed E-state index contributed by atoms with van der Waals surface area (Å²) in [5, 5.41) is 2.83. The topological polar surface area (TPSA) is 58.6 Å². The Bertz CT molecular complexity index is 554. The lowest BCUT2D eigenvalue weighted by atomic mass is 9.96. The predicted octanol–water partition coefficient (Wildman–Crippen LogP) is 1.71. The van der Waals surface area contributed by atoms with Crippen molar-refractivity contribution in [2.75, 3.05) is 20.2 Å². The number of rotatable bonds is 4. The molecule has 0 aliphatic carbocycles. The van der Waals surface area contributed by atoms with E-state index >= 15 is 0 Å². The zero-order valence-corrected chi connectivity index (χ0v) is 12.9. The number of ether oxygens (including phenoxy) is 1. The second-order valence-electron chi connectivity index (χ2n) is 5.47. The van der Waals surface area contributed by atoms with E-state index in [1.165, 1.54) is 13.2 Å². The smallest absolute Gasteiger partial charge is 0.223 e. The first-order valence-electron chi connectivity index (χ1n) is 7.37.